The standard InChI is InChI=1S/C9H16N2O2/c12-6-8-9(13)11(7-2-3-7)5-1-4-10-8/h7-8,10,12H,1-6H2. The molecule has 13 heavy (non-hydrogen) atoms. The van der Waals surface area contributed by atoms with Gasteiger partial charge in [0.1, 0.15) is 6.04 Å². The largest absolute Gasteiger partial charge is 0.394 e. The third kappa shape index (κ3) is 1.84. The van der Waals surface area contributed by atoms with E-state index in [-0.39, 0.29) is 18.6 Å². The van der Waals surface area contributed by atoms with Gasteiger partial charge in [0.15, 0.2) is 0 Å². The molecule has 1 unspecified atom stereocenters. The maximum absolute atomic E-state index is 11.8. The Morgan fingerprint density at radius 2 is 2.31 bits per heavy atom. The summed E-state index contributed by atoms with van der Waals surface area (Å²) in [7, 11) is 0. The molecule has 1 aliphatic heterocycles. The fraction of sp³-hybridized carbons (Fsp3) is 0.889. The highest BCUT2D eigenvalue weighted by Crippen LogP contribution is 2.28. The summed E-state index contributed by atoms with van der Waals surface area (Å²) in [5, 5.41) is 12.0. The van der Waals surface area contributed by atoms with Crippen LogP contribution in [0.25, 0.3) is 0 Å². The van der Waals surface area contributed by atoms with Gasteiger partial charge < -0.3 is 15.3 Å². The summed E-state index contributed by atoms with van der Waals surface area (Å²) >= 11 is 0. The quantitative estimate of drug-likeness (QED) is 0.598. The number of carbonyl (C=O) groups excluding carboxylic acids is 1. The minimum atomic E-state index is -0.358. The summed E-state index contributed by atoms with van der Waals surface area (Å²) in [6.07, 6.45) is 3.28. The summed E-state index contributed by atoms with van der Waals surface area (Å²) in [5.41, 5.74) is 0. The molecule has 1 heterocycles. The van der Waals surface area contributed by atoms with Gasteiger partial charge in [-0.05, 0) is 25.8 Å². The van der Waals surface area contributed by atoms with E-state index in [4.69, 9.17) is 5.11 Å². The highest BCUT2D eigenvalue weighted by molar-refractivity contribution is 5.82. The van der Waals surface area contributed by atoms with Crippen molar-refractivity contribution in [2.75, 3.05) is 19.7 Å². The second-order valence-corrected chi connectivity index (χ2v) is 3.81. The molecule has 2 rings (SSSR count). The van der Waals surface area contributed by atoms with Crippen molar-refractivity contribution in [1.82, 2.24) is 10.2 Å². The highest BCUT2D eigenvalue weighted by Gasteiger charge is 2.36. The van der Waals surface area contributed by atoms with Crippen molar-refractivity contribution in [3.63, 3.8) is 0 Å². The Hall–Kier alpha value is -0.610. The zero-order valence-electron chi connectivity index (χ0n) is 7.70. The Labute approximate surface area is 77.9 Å². The van der Waals surface area contributed by atoms with Crippen molar-refractivity contribution in [3.8, 4) is 0 Å². The van der Waals surface area contributed by atoms with Crippen LogP contribution in [-0.4, -0.2) is 47.7 Å². The van der Waals surface area contributed by atoms with Crippen LogP contribution in [-0.2, 0) is 4.79 Å². The number of hydrogen-bond acceptors (Lipinski definition) is 3. The highest BCUT2D eigenvalue weighted by atomic mass is 16.3. The molecule has 2 N–H and O–H groups in total. The molecule has 0 aromatic heterocycles. The van der Waals surface area contributed by atoms with Gasteiger partial charge in [0.2, 0.25) is 5.91 Å². The van der Waals surface area contributed by atoms with E-state index in [0.717, 1.165) is 32.4 Å². The minimum Gasteiger partial charge on any atom is -0.394 e. The second kappa shape index (κ2) is 3.64. The number of nitrogens with zero attached hydrogens (tertiary/aromatic N) is 1. The van der Waals surface area contributed by atoms with Gasteiger partial charge in [-0.2, -0.15) is 0 Å². The van der Waals surface area contributed by atoms with Crippen LogP contribution < -0.4 is 5.32 Å². The number of amides is 1. The van der Waals surface area contributed by atoms with Gasteiger partial charge in [-0.3, -0.25) is 4.79 Å². The van der Waals surface area contributed by atoms with Crippen molar-refractivity contribution in [3.05, 3.63) is 0 Å². The van der Waals surface area contributed by atoms with Crippen LogP contribution in [0.3, 0.4) is 0 Å². The molecule has 2 aliphatic rings. The van der Waals surface area contributed by atoms with Gasteiger partial charge in [-0.25, -0.2) is 0 Å². The molecule has 4 heteroatoms. The molecular weight excluding hydrogens is 168 g/mol. The van der Waals surface area contributed by atoms with Gasteiger partial charge in [0.25, 0.3) is 0 Å². The van der Waals surface area contributed by atoms with Gasteiger partial charge in [0.05, 0.1) is 6.61 Å². The zero-order valence-corrected chi connectivity index (χ0v) is 7.70. The van der Waals surface area contributed by atoms with Crippen LogP contribution in [0, 0.1) is 0 Å². The molecular formula is C9H16N2O2. The number of aliphatic hydroxyl groups excluding tert-OH is 1. The molecule has 1 saturated carbocycles. The van der Waals surface area contributed by atoms with Crippen molar-refractivity contribution in [2.45, 2.75) is 31.3 Å². The van der Waals surface area contributed by atoms with Crippen LogP contribution >= 0.6 is 0 Å². The summed E-state index contributed by atoms with van der Waals surface area (Å²) in [5.74, 6) is 0.0856. The van der Waals surface area contributed by atoms with E-state index < -0.39 is 0 Å². The van der Waals surface area contributed by atoms with E-state index in [1.165, 1.54) is 0 Å². The Kier molecular flexibility index (Phi) is 2.51. The topological polar surface area (TPSA) is 52.6 Å². The summed E-state index contributed by atoms with van der Waals surface area (Å²) in [4.78, 5) is 13.7. The lowest BCUT2D eigenvalue weighted by molar-refractivity contribution is -0.134. The van der Waals surface area contributed by atoms with Crippen molar-refractivity contribution >= 4 is 5.91 Å². The third-order valence-electron chi connectivity index (χ3n) is 2.72. The molecule has 0 bridgehead atoms. The molecule has 1 atom stereocenters. The Morgan fingerprint density at radius 1 is 1.54 bits per heavy atom. The Morgan fingerprint density at radius 3 is 2.92 bits per heavy atom. The molecule has 1 saturated heterocycles. The smallest absolute Gasteiger partial charge is 0.242 e. The summed E-state index contributed by atoms with van der Waals surface area (Å²) in [6.45, 7) is 1.61. The van der Waals surface area contributed by atoms with Crippen molar-refractivity contribution < 1.29 is 9.90 Å². The third-order valence-corrected chi connectivity index (χ3v) is 2.72. The maximum atomic E-state index is 11.8. The van der Waals surface area contributed by atoms with Gasteiger partial charge in [-0.15, -0.1) is 0 Å². The first-order valence-corrected chi connectivity index (χ1v) is 4.97. The Bertz CT molecular complexity index is 204. The molecule has 0 spiro atoms. The molecule has 1 aliphatic carbocycles. The maximum Gasteiger partial charge on any atom is 0.242 e. The van der Waals surface area contributed by atoms with E-state index >= 15 is 0 Å². The molecule has 0 radical (unpaired) electrons. The minimum absolute atomic E-state index is 0.0813. The molecule has 0 aromatic rings. The molecule has 1 amide bonds. The lowest BCUT2D eigenvalue weighted by Gasteiger charge is -2.22. The number of nitrogens with one attached hydrogen (secondary N) is 1. The lowest BCUT2D eigenvalue weighted by Crippen LogP contribution is -2.46. The summed E-state index contributed by atoms with van der Waals surface area (Å²) in [6, 6.07) is 0.115. The van der Waals surface area contributed by atoms with Crippen LogP contribution in [0.1, 0.15) is 19.3 Å². The van der Waals surface area contributed by atoms with Crippen LogP contribution in [0.2, 0.25) is 0 Å². The van der Waals surface area contributed by atoms with E-state index in [9.17, 15) is 4.79 Å². The number of carbonyl (C=O) groups is 1. The van der Waals surface area contributed by atoms with Gasteiger partial charge in [-0.1, -0.05) is 0 Å². The first-order valence-electron chi connectivity index (χ1n) is 4.97. The van der Waals surface area contributed by atoms with Crippen molar-refractivity contribution in [1.29, 1.82) is 0 Å². The van der Waals surface area contributed by atoms with E-state index in [2.05, 4.69) is 5.32 Å². The normalized spacial score (nSPS) is 30.4. The Balaban J connectivity index is 2.03. The molecule has 0 aromatic carbocycles. The summed E-state index contributed by atoms with van der Waals surface area (Å²) < 4.78 is 0. The van der Waals surface area contributed by atoms with E-state index in [1.54, 1.807) is 0 Å². The monoisotopic (exact) mass is 184 g/mol. The molecule has 4 nitrogen and oxygen atoms in total. The van der Waals surface area contributed by atoms with Gasteiger partial charge in [0, 0.05) is 12.6 Å². The van der Waals surface area contributed by atoms with E-state index in [0.29, 0.717) is 6.04 Å². The lowest BCUT2D eigenvalue weighted by atomic mass is 10.3. The zero-order chi connectivity index (χ0) is 9.26. The fourth-order valence-corrected chi connectivity index (χ4v) is 1.81. The van der Waals surface area contributed by atoms with Crippen LogP contribution in [0.15, 0.2) is 0 Å². The number of hydrogen-bond donors (Lipinski definition) is 2. The predicted octanol–water partition coefficient (Wildman–Crippen LogP) is -0.668. The first-order chi connectivity index (χ1) is 6.33. The van der Waals surface area contributed by atoms with Crippen LogP contribution in [0.4, 0.5) is 0 Å². The number of rotatable bonds is 2. The SMILES string of the molecule is O=C1C(CO)NCCCN1C1CC1. The average Bonchev–Trinajstić information content (AvgIpc) is 2.91. The molecule has 2 fully saturated rings. The van der Waals surface area contributed by atoms with E-state index in [1.807, 2.05) is 4.90 Å². The fourth-order valence-electron chi connectivity index (χ4n) is 1.81. The average molecular weight is 184 g/mol. The molecule has 74 valence electrons. The van der Waals surface area contributed by atoms with Crippen LogP contribution in [0.5, 0.6) is 0 Å². The number of aliphatic hydroxyl groups is 1. The second-order valence-electron chi connectivity index (χ2n) is 3.81. The van der Waals surface area contributed by atoms with Crippen molar-refractivity contribution in [2.24, 2.45) is 0 Å². The first kappa shape index (κ1) is 8.97. The predicted molar refractivity (Wildman–Crippen MR) is 48.2 cm³/mol. The van der Waals surface area contributed by atoms with Gasteiger partial charge >= 0.3 is 0 Å².